The summed E-state index contributed by atoms with van der Waals surface area (Å²) in [6.45, 7) is 4.11. The maximum Gasteiger partial charge on any atom is 0.104 e. The van der Waals surface area contributed by atoms with Crippen LogP contribution in [0.3, 0.4) is 0 Å². The average molecular weight is 330 g/mol. The number of rotatable bonds is 4. The highest BCUT2D eigenvalue weighted by Crippen LogP contribution is 2.19. The Morgan fingerprint density at radius 3 is 2.89 bits per heavy atom. The Morgan fingerprint density at radius 2 is 2.16 bits per heavy atom. The molecule has 0 aliphatic carbocycles. The summed E-state index contributed by atoms with van der Waals surface area (Å²) in [5.41, 5.74) is 2.40. The predicted octanol–water partition coefficient (Wildman–Crippen LogP) is 1.22. The van der Waals surface area contributed by atoms with E-state index in [-0.39, 0.29) is 12.5 Å². The molecule has 0 amide bonds. The molecule has 0 bridgehead atoms. The number of halogens is 1. The lowest BCUT2D eigenvalue weighted by atomic mass is 9.96. The maximum atomic E-state index is 9.85. The van der Waals surface area contributed by atoms with Gasteiger partial charge in [-0.15, -0.1) is 0 Å². The number of hydrogen-bond donors (Lipinski definition) is 3. The van der Waals surface area contributed by atoms with Crippen LogP contribution in [0.15, 0.2) is 22.7 Å². The standard InChI is InChI=1S/C14H20BrNO3/c1-9-2-3-10(12(15)4-9)5-16-6-11-7-19-8-13(17)14(11)18/h2-4,11,13-14,16-18H,5-8H2,1H3/t11-,13-,14+/m1/s1. The molecule has 1 aliphatic rings. The molecular formula is C14H20BrNO3. The van der Waals surface area contributed by atoms with Crippen LogP contribution in [0.2, 0.25) is 0 Å². The first-order chi connectivity index (χ1) is 9.08. The monoisotopic (exact) mass is 329 g/mol. The molecule has 0 spiro atoms. The highest BCUT2D eigenvalue weighted by atomic mass is 79.9. The fraction of sp³-hybridized carbons (Fsp3) is 0.571. The summed E-state index contributed by atoms with van der Waals surface area (Å²) in [5, 5.41) is 22.7. The molecular weight excluding hydrogens is 310 g/mol. The molecule has 1 aromatic carbocycles. The number of aliphatic hydroxyl groups is 2. The van der Waals surface area contributed by atoms with Crippen molar-refractivity contribution in [3.05, 3.63) is 33.8 Å². The number of aryl methyl sites for hydroxylation is 1. The minimum Gasteiger partial charge on any atom is -0.390 e. The lowest BCUT2D eigenvalue weighted by Gasteiger charge is -2.31. The van der Waals surface area contributed by atoms with E-state index in [4.69, 9.17) is 4.74 Å². The highest BCUT2D eigenvalue weighted by Gasteiger charge is 2.30. The summed E-state index contributed by atoms with van der Waals surface area (Å²) in [5.74, 6) is -0.0621. The molecule has 1 heterocycles. The molecule has 3 N–H and O–H groups in total. The molecule has 106 valence electrons. The number of aliphatic hydroxyl groups excluding tert-OH is 2. The zero-order valence-corrected chi connectivity index (χ0v) is 12.6. The molecule has 1 aliphatic heterocycles. The van der Waals surface area contributed by atoms with Gasteiger partial charge in [0, 0.05) is 23.5 Å². The van der Waals surface area contributed by atoms with Crippen molar-refractivity contribution in [3.8, 4) is 0 Å². The van der Waals surface area contributed by atoms with Crippen LogP contribution < -0.4 is 5.32 Å². The fourth-order valence-electron chi connectivity index (χ4n) is 2.22. The second-order valence-corrected chi connectivity index (χ2v) is 5.94. The predicted molar refractivity (Wildman–Crippen MR) is 76.9 cm³/mol. The van der Waals surface area contributed by atoms with E-state index >= 15 is 0 Å². The summed E-state index contributed by atoms with van der Waals surface area (Å²) >= 11 is 3.54. The van der Waals surface area contributed by atoms with Crippen LogP contribution in [0.4, 0.5) is 0 Å². The molecule has 3 atom stereocenters. The topological polar surface area (TPSA) is 61.7 Å². The fourth-order valence-corrected chi connectivity index (χ4v) is 2.85. The first kappa shape index (κ1) is 14.9. The van der Waals surface area contributed by atoms with Gasteiger partial charge < -0.3 is 20.3 Å². The second kappa shape index (κ2) is 6.81. The summed E-state index contributed by atoms with van der Waals surface area (Å²) in [6.07, 6.45) is -1.48. The van der Waals surface area contributed by atoms with E-state index in [1.54, 1.807) is 0 Å². The molecule has 0 radical (unpaired) electrons. The van der Waals surface area contributed by atoms with E-state index in [1.165, 1.54) is 11.1 Å². The molecule has 5 heteroatoms. The molecule has 1 saturated heterocycles. The molecule has 0 aromatic heterocycles. The van der Waals surface area contributed by atoms with Crippen molar-refractivity contribution in [1.29, 1.82) is 0 Å². The average Bonchev–Trinajstić information content (AvgIpc) is 2.37. The normalized spacial score (nSPS) is 27.5. The Balaban J connectivity index is 1.83. The summed E-state index contributed by atoms with van der Waals surface area (Å²) in [4.78, 5) is 0. The van der Waals surface area contributed by atoms with E-state index < -0.39 is 12.2 Å². The number of hydrogen-bond acceptors (Lipinski definition) is 4. The Morgan fingerprint density at radius 1 is 1.37 bits per heavy atom. The van der Waals surface area contributed by atoms with Crippen molar-refractivity contribution < 1.29 is 14.9 Å². The number of benzene rings is 1. The van der Waals surface area contributed by atoms with Crippen LogP contribution in [0, 0.1) is 12.8 Å². The van der Waals surface area contributed by atoms with Crippen molar-refractivity contribution >= 4 is 15.9 Å². The van der Waals surface area contributed by atoms with Gasteiger partial charge in [0.25, 0.3) is 0 Å². The number of ether oxygens (including phenoxy) is 1. The highest BCUT2D eigenvalue weighted by molar-refractivity contribution is 9.10. The SMILES string of the molecule is Cc1ccc(CNC[C@@H]2COC[C@@H](O)[C@H]2O)c(Br)c1. The van der Waals surface area contributed by atoms with E-state index in [0.29, 0.717) is 13.2 Å². The third kappa shape index (κ3) is 4.00. The Hall–Kier alpha value is -0.460. The smallest absolute Gasteiger partial charge is 0.104 e. The number of nitrogens with one attached hydrogen (secondary N) is 1. The molecule has 0 unspecified atom stereocenters. The van der Waals surface area contributed by atoms with Gasteiger partial charge in [-0.25, -0.2) is 0 Å². The quantitative estimate of drug-likeness (QED) is 0.777. The van der Waals surface area contributed by atoms with Crippen LogP contribution in [0.25, 0.3) is 0 Å². The maximum absolute atomic E-state index is 9.85. The summed E-state index contributed by atoms with van der Waals surface area (Å²) in [6, 6.07) is 6.23. The third-order valence-electron chi connectivity index (χ3n) is 3.43. The van der Waals surface area contributed by atoms with Crippen molar-refractivity contribution in [3.63, 3.8) is 0 Å². The van der Waals surface area contributed by atoms with Gasteiger partial charge in [0.15, 0.2) is 0 Å². The van der Waals surface area contributed by atoms with Crippen LogP contribution in [-0.2, 0) is 11.3 Å². The largest absolute Gasteiger partial charge is 0.390 e. The zero-order valence-electron chi connectivity index (χ0n) is 11.0. The lowest BCUT2D eigenvalue weighted by molar-refractivity contribution is -0.119. The van der Waals surface area contributed by atoms with Gasteiger partial charge in [-0.05, 0) is 24.1 Å². The van der Waals surface area contributed by atoms with Crippen LogP contribution in [0.1, 0.15) is 11.1 Å². The van der Waals surface area contributed by atoms with Crippen LogP contribution in [0.5, 0.6) is 0 Å². The Kier molecular flexibility index (Phi) is 5.36. The van der Waals surface area contributed by atoms with Crippen molar-refractivity contribution in [2.45, 2.75) is 25.7 Å². The minimum atomic E-state index is -0.772. The van der Waals surface area contributed by atoms with Gasteiger partial charge in [-0.3, -0.25) is 0 Å². The second-order valence-electron chi connectivity index (χ2n) is 5.08. The third-order valence-corrected chi connectivity index (χ3v) is 4.17. The molecule has 1 aromatic rings. The van der Waals surface area contributed by atoms with Crippen molar-refractivity contribution in [2.24, 2.45) is 5.92 Å². The van der Waals surface area contributed by atoms with E-state index in [0.717, 1.165) is 11.0 Å². The Bertz CT molecular complexity index is 427. The van der Waals surface area contributed by atoms with E-state index in [1.807, 2.05) is 0 Å². The van der Waals surface area contributed by atoms with E-state index in [2.05, 4.69) is 46.4 Å². The van der Waals surface area contributed by atoms with Gasteiger partial charge in [-0.2, -0.15) is 0 Å². The molecule has 0 saturated carbocycles. The van der Waals surface area contributed by atoms with Gasteiger partial charge >= 0.3 is 0 Å². The lowest BCUT2D eigenvalue weighted by Crippen LogP contribution is -2.47. The van der Waals surface area contributed by atoms with Gasteiger partial charge in [0.05, 0.1) is 19.3 Å². The molecule has 2 rings (SSSR count). The molecule has 1 fully saturated rings. The first-order valence-electron chi connectivity index (χ1n) is 6.47. The van der Waals surface area contributed by atoms with Crippen molar-refractivity contribution in [1.82, 2.24) is 5.32 Å². The minimum absolute atomic E-state index is 0.0621. The summed E-state index contributed by atoms with van der Waals surface area (Å²) < 4.78 is 6.33. The van der Waals surface area contributed by atoms with Gasteiger partial charge in [0.1, 0.15) is 6.10 Å². The van der Waals surface area contributed by atoms with E-state index in [9.17, 15) is 10.2 Å². The van der Waals surface area contributed by atoms with Gasteiger partial charge in [0.2, 0.25) is 0 Å². The first-order valence-corrected chi connectivity index (χ1v) is 7.27. The Labute approximate surface area is 121 Å². The van der Waals surface area contributed by atoms with Crippen LogP contribution >= 0.6 is 15.9 Å². The van der Waals surface area contributed by atoms with Gasteiger partial charge in [-0.1, -0.05) is 28.1 Å². The van der Waals surface area contributed by atoms with Crippen LogP contribution in [-0.4, -0.2) is 42.2 Å². The summed E-state index contributed by atoms with van der Waals surface area (Å²) in [7, 11) is 0. The molecule has 4 nitrogen and oxygen atoms in total. The van der Waals surface area contributed by atoms with Crippen molar-refractivity contribution in [2.75, 3.05) is 19.8 Å². The molecule has 19 heavy (non-hydrogen) atoms. The zero-order chi connectivity index (χ0) is 13.8.